The number of hydrogen-bond acceptors (Lipinski definition) is 6. The maximum atomic E-state index is 13.0. The van der Waals surface area contributed by atoms with Crippen molar-refractivity contribution in [2.24, 2.45) is 0 Å². The van der Waals surface area contributed by atoms with E-state index >= 15 is 0 Å². The highest BCUT2D eigenvalue weighted by Gasteiger charge is 2.26. The van der Waals surface area contributed by atoms with Gasteiger partial charge in [0.15, 0.2) is 0 Å². The van der Waals surface area contributed by atoms with E-state index in [0.717, 1.165) is 5.56 Å². The van der Waals surface area contributed by atoms with Crippen LogP contribution in [0.25, 0.3) is 5.69 Å². The average Bonchev–Trinajstić information content (AvgIpc) is 2.90. The zero-order valence-electron chi connectivity index (χ0n) is 19.7. The Kier molecular flexibility index (Phi) is 7.77. The first kappa shape index (κ1) is 24.0. The normalized spacial score (nSPS) is 14.3. The molecule has 1 saturated heterocycles. The molecule has 0 radical (unpaired) electrons. The van der Waals surface area contributed by atoms with Gasteiger partial charge in [-0.3, -0.25) is 9.59 Å². The molecule has 2 heterocycles. The predicted octanol–water partition coefficient (Wildman–Crippen LogP) is 2.76. The van der Waals surface area contributed by atoms with Crippen LogP contribution in [0.4, 0.5) is 10.6 Å². The van der Waals surface area contributed by atoms with Crippen molar-refractivity contribution in [3.05, 3.63) is 88.7 Å². The Morgan fingerprint density at radius 2 is 1.60 bits per heavy atom. The molecule has 2 aromatic carbocycles. The largest absolute Gasteiger partial charge is 0.466 e. The molecule has 1 aliphatic rings. The van der Waals surface area contributed by atoms with Crippen molar-refractivity contribution in [1.82, 2.24) is 20.0 Å². The number of esters is 1. The Balaban J connectivity index is 1.40. The van der Waals surface area contributed by atoms with Gasteiger partial charge in [-0.2, -0.15) is 4.68 Å². The number of ether oxygens (including phenoxy) is 1. The molecule has 0 saturated carbocycles. The van der Waals surface area contributed by atoms with Crippen LogP contribution >= 0.6 is 0 Å². The van der Waals surface area contributed by atoms with E-state index in [1.165, 1.54) is 10.7 Å². The van der Waals surface area contributed by atoms with Crippen molar-refractivity contribution in [1.29, 1.82) is 0 Å². The monoisotopic (exact) mass is 475 g/mol. The second-order valence-electron chi connectivity index (χ2n) is 8.17. The minimum atomic E-state index is -0.475. The van der Waals surface area contributed by atoms with Crippen molar-refractivity contribution >= 4 is 17.8 Å². The first-order valence-corrected chi connectivity index (χ1v) is 11.7. The van der Waals surface area contributed by atoms with Crippen LogP contribution in [-0.4, -0.2) is 59.5 Å². The third kappa shape index (κ3) is 6.06. The van der Waals surface area contributed by atoms with Gasteiger partial charge < -0.3 is 19.9 Å². The number of rotatable bonds is 7. The zero-order chi connectivity index (χ0) is 24.6. The Bertz CT molecular complexity index is 1190. The molecule has 0 bridgehead atoms. The molecule has 9 heteroatoms. The van der Waals surface area contributed by atoms with Crippen LogP contribution in [0.1, 0.15) is 24.9 Å². The van der Waals surface area contributed by atoms with Crippen LogP contribution in [-0.2, 0) is 9.53 Å². The lowest BCUT2D eigenvalue weighted by atomic mass is 10.0. The van der Waals surface area contributed by atoms with Gasteiger partial charge in [0.2, 0.25) is 0 Å². The van der Waals surface area contributed by atoms with Gasteiger partial charge in [0.1, 0.15) is 5.82 Å². The summed E-state index contributed by atoms with van der Waals surface area (Å²) in [6.45, 7) is 4.16. The van der Waals surface area contributed by atoms with Gasteiger partial charge in [-0.25, -0.2) is 4.79 Å². The zero-order valence-corrected chi connectivity index (χ0v) is 19.7. The Labute approximate surface area is 203 Å². The molecule has 0 aliphatic carbocycles. The number of aromatic nitrogens is 2. The first-order valence-electron chi connectivity index (χ1n) is 11.7. The molecule has 1 atom stereocenters. The summed E-state index contributed by atoms with van der Waals surface area (Å²) in [7, 11) is 0. The molecule has 35 heavy (non-hydrogen) atoms. The number of nitrogens with zero attached hydrogens (tertiary/aromatic N) is 4. The standard InChI is InChI=1S/C26H29N5O4/c1-2-35-25(33)19-22(20-9-5-3-6-10-20)27-26(34)30-17-15-29(16-18-30)23-13-14-24(32)31(28-23)21-11-7-4-8-12-21/h3-14,22H,2,15-19H2,1H3,(H,27,34)/t22-/m0/s1. The Morgan fingerprint density at radius 3 is 2.26 bits per heavy atom. The molecule has 1 N–H and O–H groups in total. The van der Waals surface area contributed by atoms with Gasteiger partial charge >= 0.3 is 12.0 Å². The quantitative estimate of drug-likeness (QED) is 0.528. The number of amides is 2. The number of benzene rings is 2. The fourth-order valence-electron chi connectivity index (χ4n) is 4.03. The molecule has 1 aromatic heterocycles. The van der Waals surface area contributed by atoms with E-state index in [1.54, 1.807) is 17.9 Å². The second kappa shape index (κ2) is 11.3. The number of carbonyl (C=O) groups excluding carboxylic acids is 2. The van der Waals surface area contributed by atoms with E-state index in [4.69, 9.17) is 4.74 Å². The maximum absolute atomic E-state index is 13.0. The van der Waals surface area contributed by atoms with E-state index in [-0.39, 0.29) is 24.0 Å². The van der Waals surface area contributed by atoms with E-state index in [2.05, 4.69) is 15.3 Å². The summed E-state index contributed by atoms with van der Waals surface area (Å²) in [6.07, 6.45) is 0.0640. The number of para-hydroxylation sites is 1. The highest BCUT2D eigenvalue weighted by molar-refractivity contribution is 5.77. The number of urea groups is 1. The molecule has 3 aromatic rings. The highest BCUT2D eigenvalue weighted by Crippen LogP contribution is 2.19. The van der Waals surface area contributed by atoms with E-state index in [0.29, 0.717) is 44.3 Å². The molecule has 9 nitrogen and oxygen atoms in total. The van der Waals surface area contributed by atoms with Gasteiger partial charge in [-0.15, -0.1) is 5.10 Å². The fraction of sp³-hybridized carbons (Fsp3) is 0.308. The molecular weight excluding hydrogens is 446 g/mol. The highest BCUT2D eigenvalue weighted by atomic mass is 16.5. The van der Waals surface area contributed by atoms with Crippen molar-refractivity contribution < 1.29 is 14.3 Å². The Morgan fingerprint density at radius 1 is 0.943 bits per heavy atom. The SMILES string of the molecule is CCOC(=O)C[C@H](NC(=O)N1CCN(c2ccc(=O)n(-c3ccccc3)n2)CC1)c1ccccc1. The maximum Gasteiger partial charge on any atom is 0.318 e. The average molecular weight is 476 g/mol. The number of nitrogens with one attached hydrogen (secondary N) is 1. The predicted molar refractivity (Wildman–Crippen MR) is 133 cm³/mol. The van der Waals surface area contributed by atoms with Gasteiger partial charge in [0.05, 0.1) is 24.8 Å². The van der Waals surface area contributed by atoms with Crippen LogP contribution in [0, 0.1) is 0 Å². The molecule has 4 rings (SSSR count). The van der Waals surface area contributed by atoms with Crippen molar-refractivity contribution in [2.75, 3.05) is 37.7 Å². The molecule has 0 unspecified atom stereocenters. The van der Waals surface area contributed by atoms with Crippen LogP contribution in [0.2, 0.25) is 0 Å². The summed E-state index contributed by atoms with van der Waals surface area (Å²) >= 11 is 0. The van der Waals surface area contributed by atoms with Gasteiger partial charge in [0.25, 0.3) is 5.56 Å². The second-order valence-corrected chi connectivity index (χ2v) is 8.17. The lowest BCUT2D eigenvalue weighted by Crippen LogP contribution is -2.52. The summed E-state index contributed by atoms with van der Waals surface area (Å²) in [5.74, 6) is 0.323. The third-order valence-electron chi connectivity index (χ3n) is 5.85. The third-order valence-corrected chi connectivity index (χ3v) is 5.85. The van der Waals surface area contributed by atoms with Crippen molar-refractivity contribution in [3.63, 3.8) is 0 Å². The van der Waals surface area contributed by atoms with Crippen molar-refractivity contribution in [3.8, 4) is 5.69 Å². The summed E-state index contributed by atoms with van der Waals surface area (Å²) < 4.78 is 6.48. The summed E-state index contributed by atoms with van der Waals surface area (Å²) in [6, 6.07) is 21.2. The van der Waals surface area contributed by atoms with Crippen LogP contribution in [0.3, 0.4) is 0 Å². The number of hydrogen-bond donors (Lipinski definition) is 1. The van der Waals surface area contributed by atoms with Crippen LogP contribution < -0.4 is 15.8 Å². The molecular formula is C26H29N5O4. The van der Waals surface area contributed by atoms with E-state index in [9.17, 15) is 14.4 Å². The van der Waals surface area contributed by atoms with Crippen LogP contribution in [0.5, 0.6) is 0 Å². The number of piperazine rings is 1. The van der Waals surface area contributed by atoms with E-state index in [1.807, 2.05) is 60.7 Å². The molecule has 182 valence electrons. The lowest BCUT2D eigenvalue weighted by Gasteiger charge is -2.36. The van der Waals surface area contributed by atoms with Gasteiger partial charge in [0, 0.05) is 32.2 Å². The molecule has 2 amide bonds. The molecule has 1 fully saturated rings. The van der Waals surface area contributed by atoms with Gasteiger partial charge in [-0.1, -0.05) is 48.5 Å². The topological polar surface area (TPSA) is 96.8 Å². The number of carbonyl (C=O) groups is 2. The number of anilines is 1. The molecule has 1 aliphatic heterocycles. The lowest BCUT2D eigenvalue weighted by molar-refractivity contribution is -0.143. The van der Waals surface area contributed by atoms with Crippen LogP contribution in [0.15, 0.2) is 77.6 Å². The fourth-order valence-corrected chi connectivity index (χ4v) is 4.03. The molecule has 0 spiro atoms. The first-order chi connectivity index (χ1) is 17.0. The Hall–Kier alpha value is -4.14. The minimum absolute atomic E-state index is 0.0640. The van der Waals surface area contributed by atoms with E-state index < -0.39 is 6.04 Å². The van der Waals surface area contributed by atoms with Gasteiger partial charge in [-0.05, 0) is 30.7 Å². The minimum Gasteiger partial charge on any atom is -0.466 e. The summed E-state index contributed by atoms with van der Waals surface area (Å²) in [5, 5.41) is 7.53. The summed E-state index contributed by atoms with van der Waals surface area (Å²) in [4.78, 5) is 41.2. The smallest absolute Gasteiger partial charge is 0.318 e. The van der Waals surface area contributed by atoms with Crippen molar-refractivity contribution in [2.45, 2.75) is 19.4 Å². The summed E-state index contributed by atoms with van der Waals surface area (Å²) in [5.41, 5.74) is 1.34.